The van der Waals surface area contributed by atoms with Crippen LogP contribution in [0.2, 0.25) is 0 Å². The largest absolute Gasteiger partial charge is 0.296 e. The second-order valence-electron chi connectivity index (χ2n) is 4.83. The van der Waals surface area contributed by atoms with Gasteiger partial charge >= 0.3 is 0 Å². The van der Waals surface area contributed by atoms with Crippen molar-refractivity contribution in [1.82, 2.24) is 5.32 Å². The van der Waals surface area contributed by atoms with Gasteiger partial charge in [-0.05, 0) is 56.4 Å². The summed E-state index contributed by atoms with van der Waals surface area (Å²) in [5, 5.41) is 12.7. The van der Waals surface area contributed by atoms with Crippen LogP contribution in [0.3, 0.4) is 0 Å². The predicted molar refractivity (Wildman–Crippen MR) is 71.9 cm³/mol. The molecule has 0 heterocycles. The fourth-order valence-electron chi connectivity index (χ4n) is 1.89. The van der Waals surface area contributed by atoms with E-state index in [2.05, 4.69) is 58.1 Å². The number of nitrogens with zero attached hydrogens (tertiary/aromatic N) is 1. The first-order chi connectivity index (χ1) is 7.99. The molecule has 0 spiro atoms. The van der Waals surface area contributed by atoms with Crippen LogP contribution in [-0.4, -0.2) is 6.04 Å². The maximum Gasteiger partial charge on any atom is 0.121 e. The number of benzene rings is 1. The Kier molecular flexibility index (Phi) is 4.72. The van der Waals surface area contributed by atoms with Crippen molar-refractivity contribution in [2.24, 2.45) is 0 Å². The van der Waals surface area contributed by atoms with E-state index in [1.165, 1.54) is 16.7 Å². The van der Waals surface area contributed by atoms with Crippen LogP contribution in [-0.2, 0) is 0 Å². The molecule has 0 aliphatic carbocycles. The molecule has 0 saturated heterocycles. The molecule has 17 heavy (non-hydrogen) atoms. The second kappa shape index (κ2) is 5.84. The minimum absolute atomic E-state index is 0.204. The van der Waals surface area contributed by atoms with Gasteiger partial charge in [-0.25, -0.2) is 0 Å². The Hall–Kier alpha value is -1.33. The Bertz CT molecular complexity index is 429. The van der Waals surface area contributed by atoms with Gasteiger partial charge in [0.2, 0.25) is 0 Å². The molecule has 0 amide bonds. The van der Waals surface area contributed by atoms with Gasteiger partial charge in [-0.3, -0.25) is 5.32 Å². The Morgan fingerprint density at radius 3 is 2.29 bits per heavy atom. The van der Waals surface area contributed by atoms with Gasteiger partial charge in [-0.1, -0.05) is 19.1 Å². The van der Waals surface area contributed by atoms with Gasteiger partial charge in [0, 0.05) is 6.04 Å². The lowest BCUT2D eigenvalue weighted by Gasteiger charge is -2.19. The first-order valence-electron chi connectivity index (χ1n) is 6.23. The van der Waals surface area contributed by atoms with Crippen molar-refractivity contribution in [3.63, 3.8) is 0 Å². The van der Waals surface area contributed by atoms with Crippen molar-refractivity contribution < 1.29 is 0 Å². The van der Waals surface area contributed by atoms with Gasteiger partial charge in [0.15, 0.2) is 0 Å². The molecule has 1 rings (SSSR count). The molecule has 92 valence electrons. The molecule has 0 radical (unpaired) electrons. The number of aryl methyl sites for hydroxylation is 3. The zero-order chi connectivity index (χ0) is 13.0. The fraction of sp³-hybridized carbons (Fsp3) is 0.533. The summed E-state index contributed by atoms with van der Waals surface area (Å²) in [5.41, 5.74) is 4.83. The smallest absolute Gasteiger partial charge is 0.121 e. The third-order valence-corrected chi connectivity index (χ3v) is 3.39. The Morgan fingerprint density at radius 1 is 1.18 bits per heavy atom. The highest BCUT2D eigenvalue weighted by atomic mass is 14.9. The van der Waals surface area contributed by atoms with Crippen LogP contribution in [0.25, 0.3) is 0 Å². The van der Waals surface area contributed by atoms with Crippen LogP contribution < -0.4 is 5.32 Å². The van der Waals surface area contributed by atoms with Crippen molar-refractivity contribution in [3.8, 4) is 6.07 Å². The zero-order valence-corrected chi connectivity index (χ0v) is 11.5. The number of nitriles is 1. The molecular formula is C15H22N2. The Balaban J connectivity index is 3.05. The maximum absolute atomic E-state index is 9.30. The predicted octanol–water partition coefficient (Wildman–Crippen LogP) is 3.56. The average Bonchev–Trinajstić information content (AvgIpc) is 2.30. The number of hydrogen-bond acceptors (Lipinski definition) is 2. The van der Waals surface area contributed by atoms with E-state index >= 15 is 0 Å². The van der Waals surface area contributed by atoms with Crippen LogP contribution in [0.1, 0.15) is 48.6 Å². The second-order valence-corrected chi connectivity index (χ2v) is 4.83. The van der Waals surface area contributed by atoms with Crippen LogP contribution in [0.4, 0.5) is 0 Å². The zero-order valence-electron chi connectivity index (χ0n) is 11.5. The molecular weight excluding hydrogens is 208 g/mol. The molecule has 0 aromatic heterocycles. The molecule has 0 fully saturated rings. The van der Waals surface area contributed by atoms with E-state index in [4.69, 9.17) is 0 Å². The van der Waals surface area contributed by atoms with Crippen molar-refractivity contribution in [1.29, 1.82) is 5.26 Å². The lowest BCUT2D eigenvalue weighted by Crippen LogP contribution is -2.29. The van der Waals surface area contributed by atoms with E-state index in [1.54, 1.807) is 0 Å². The van der Waals surface area contributed by atoms with Crippen LogP contribution in [0, 0.1) is 32.1 Å². The monoisotopic (exact) mass is 230 g/mol. The first-order valence-corrected chi connectivity index (χ1v) is 6.23. The molecule has 1 aromatic carbocycles. The van der Waals surface area contributed by atoms with Crippen LogP contribution in [0.15, 0.2) is 12.1 Å². The number of nitrogens with one attached hydrogen (secondary N) is 1. The normalized spacial score (nSPS) is 14.1. The molecule has 2 heteroatoms. The van der Waals surface area contributed by atoms with E-state index in [1.807, 2.05) is 0 Å². The minimum atomic E-state index is -0.204. The van der Waals surface area contributed by atoms with E-state index in [0.717, 1.165) is 12.0 Å². The summed E-state index contributed by atoms with van der Waals surface area (Å²) in [4.78, 5) is 0. The third-order valence-electron chi connectivity index (χ3n) is 3.39. The number of rotatable bonds is 4. The molecule has 0 aliphatic heterocycles. The highest BCUT2D eigenvalue weighted by Gasteiger charge is 2.15. The van der Waals surface area contributed by atoms with Gasteiger partial charge < -0.3 is 0 Å². The van der Waals surface area contributed by atoms with Crippen LogP contribution >= 0.6 is 0 Å². The van der Waals surface area contributed by atoms with Gasteiger partial charge in [-0.15, -0.1) is 0 Å². The Morgan fingerprint density at radius 2 is 1.76 bits per heavy atom. The quantitative estimate of drug-likeness (QED) is 0.858. The van der Waals surface area contributed by atoms with Crippen molar-refractivity contribution in [2.75, 3.05) is 0 Å². The average molecular weight is 230 g/mol. The standard InChI is InChI=1S/C15H22N2/c1-6-13(5)17-15(9-16)14-8-11(3)10(2)7-12(14)4/h7-8,13,15,17H,6H2,1-5H3. The van der Waals surface area contributed by atoms with Gasteiger partial charge in [0.1, 0.15) is 6.04 Å². The summed E-state index contributed by atoms with van der Waals surface area (Å²) in [7, 11) is 0. The summed E-state index contributed by atoms with van der Waals surface area (Å²) in [6.07, 6.45) is 1.03. The van der Waals surface area contributed by atoms with E-state index in [9.17, 15) is 5.26 Å². The molecule has 0 saturated carbocycles. The van der Waals surface area contributed by atoms with E-state index in [-0.39, 0.29) is 6.04 Å². The highest BCUT2D eigenvalue weighted by molar-refractivity contribution is 5.40. The van der Waals surface area contributed by atoms with Crippen molar-refractivity contribution >= 4 is 0 Å². The minimum Gasteiger partial charge on any atom is -0.296 e. The molecule has 1 N–H and O–H groups in total. The van der Waals surface area contributed by atoms with Crippen molar-refractivity contribution in [3.05, 3.63) is 34.4 Å². The maximum atomic E-state index is 9.30. The topological polar surface area (TPSA) is 35.8 Å². The van der Waals surface area contributed by atoms with Crippen LogP contribution in [0.5, 0.6) is 0 Å². The summed E-state index contributed by atoms with van der Waals surface area (Å²) < 4.78 is 0. The van der Waals surface area contributed by atoms with Gasteiger partial charge in [-0.2, -0.15) is 5.26 Å². The summed E-state index contributed by atoms with van der Waals surface area (Å²) >= 11 is 0. The molecule has 0 bridgehead atoms. The van der Waals surface area contributed by atoms with Crippen molar-refractivity contribution in [2.45, 2.75) is 53.1 Å². The molecule has 2 nitrogen and oxygen atoms in total. The van der Waals surface area contributed by atoms with Gasteiger partial charge in [0.05, 0.1) is 6.07 Å². The van der Waals surface area contributed by atoms with E-state index in [0.29, 0.717) is 6.04 Å². The molecule has 0 aliphatic rings. The Labute approximate surface area is 105 Å². The SMILES string of the molecule is CCC(C)NC(C#N)c1cc(C)c(C)cc1C. The lowest BCUT2D eigenvalue weighted by molar-refractivity contribution is 0.500. The van der Waals surface area contributed by atoms with Gasteiger partial charge in [0.25, 0.3) is 0 Å². The summed E-state index contributed by atoms with van der Waals surface area (Å²) in [5.74, 6) is 0. The third kappa shape index (κ3) is 3.31. The summed E-state index contributed by atoms with van der Waals surface area (Å²) in [6, 6.07) is 6.81. The molecule has 2 unspecified atom stereocenters. The lowest BCUT2D eigenvalue weighted by atomic mass is 9.96. The fourth-order valence-corrected chi connectivity index (χ4v) is 1.89. The molecule has 1 aromatic rings. The number of hydrogen-bond donors (Lipinski definition) is 1. The first kappa shape index (κ1) is 13.7. The highest BCUT2D eigenvalue weighted by Crippen LogP contribution is 2.22. The summed E-state index contributed by atoms with van der Waals surface area (Å²) in [6.45, 7) is 10.5. The van der Waals surface area contributed by atoms with E-state index < -0.39 is 0 Å². The molecule has 2 atom stereocenters.